The number of pyridine rings is 1. The number of aryl methyl sites for hydroxylation is 1. The summed E-state index contributed by atoms with van der Waals surface area (Å²) >= 11 is 0.694. The molecule has 12 heteroatoms. The number of urea groups is 1. The third-order valence-electron chi connectivity index (χ3n) is 4.54. The molecule has 2 aromatic rings. The molecule has 0 radical (unpaired) electrons. The second-order valence-corrected chi connectivity index (χ2v) is 7.68. The number of anilines is 1. The third-order valence-corrected chi connectivity index (χ3v) is 5.77. The predicted molar refractivity (Wildman–Crippen MR) is 96.5 cm³/mol. The van der Waals surface area contributed by atoms with Gasteiger partial charge in [0.25, 0.3) is 0 Å². The highest BCUT2D eigenvalue weighted by molar-refractivity contribution is 7.99. The molecule has 1 N–H and O–H groups in total. The Kier molecular flexibility index (Phi) is 6.30. The first-order valence-corrected chi connectivity index (χ1v) is 9.61. The lowest BCUT2D eigenvalue weighted by atomic mass is 9.98. The van der Waals surface area contributed by atoms with Crippen LogP contribution in [0.15, 0.2) is 29.4 Å². The van der Waals surface area contributed by atoms with Crippen LogP contribution in [-0.2, 0) is 13.2 Å². The van der Waals surface area contributed by atoms with Crippen molar-refractivity contribution in [1.82, 2.24) is 19.7 Å². The minimum absolute atomic E-state index is 0.0877. The number of nitrogens with zero attached hydrogens (tertiary/aromatic N) is 4. The lowest BCUT2D eigenvalue weighted by Gasteiger charge is -2.33. The van der Waals surface area contributed by atoms with Crippen molar-refractivity contribution >= 4 is 23.5 Å². The van der Waals surface area contributed by atoms with E-state index in [0.29, 0.717) is 24.6 Å². The molecule has 0 aromatic carbocycles. The molecule has 1 aliphatic heterocycles. The average molecular weight is 435 g/mol. The molecule has 1 fully saturated rings. The summed E-state index contributed by atoms with van der Waals surface area (Å²) in [5.41, 5.74) is -2.22. The number of hydrogen-bond donors (Lipinski definition) is 1. The van der Waals surface area contributed by atoms with Crippen molar-refractivity contribution in [2.24, 2.45) is 13.0 Å². The summed E-state index contributed by atoms with van der Waals surface area (Å²) in [7, 11) is 1.33. The molecular weight excluding hydrogens is 417 g/mol. The summed E-state index contributed by atoms with van der Waals surface area (Å²) in [4.78, 5) is 17.1. The molecule has 1 aliphatic rings. The number of aromatic nitrogens is 3. The molecule has 0 spiro atoms. The van der Waals surface area contributed by atoms with Crippen LogP contribution in [-0.4, -0.2) is 44.3 Å². The van der Waals surface area contributed by atoms with Gasteiger partial charge in [-0.15, -0.1) is 0 Å². The highest BCUT2D eigenvalue weighted by Gasteiger charge is 2.36. The molecule has 0 bridgehead atoms. The largest absolute Gasteiger partial charge is 0.435 e. The number of alkyl halides is 4. The van der Waals surface area contributed by atoms with Crippen LogP contribution in [0.4, 0.5) is 32.4 Å². The number of hydrogen-bond acceptors (Lipinski definition) is 4. The van der Waals surface area contributed by atoms with E-state index in [1.54, 1.807) is 0 Å². The summed E-state index contributed by atoms with van der Waals surface area (Å²) in [5, 5.41) is 6.01. The molecule has 2 amide bonds. The minimum Gasteiger partial charge on any atom is -0.325 e. The van der Waals surface area contributed by atoms with Crippen LogP contribution in [0.2, 0.25) is 0 Å². The topological polar surface area (TPSA) is 63.1 Å². The number of halogens is 5. The number of likely N-dealkylation sites (tertiary alicyclic amines) is 1. The van der Waals surface area contributed by atoms with E-state index in [0.717, 1.165) is 16.8 Å². The smallest absolute Gasteiger partial charge is 0.325 e. The fourth-order valence-corrected chi connectivity index (χ4v) is 4.03. The van der Waals surface area contributed by atoms with Crippen LogP contribution in [0.5, 0.6) is 0 Å². The Morgan fingerprint density at radius 2 is 2.00 bits per heavy atom. The van der Waals surface area contributed by atoms with Gasteiger partial charge in [-0.1, -0.05) is 11.8 Å². The fraction of sp³-hybridized carbons (Fsp3) is 0.471. The first-order chi connectivity index (χ1) is 13.6. The normalized spacial score (nSPS) is 16.7. The van der Waals surface area contributed by atoms with Gasteiger partial charge in [-0.05, 0) is 18.9 Å². The highest BCUT2D eigenvalue weighted by Crippen LogP contribution is 2.37. The Bertz CT molecular complexity index is 866. The van der Waals surface area contributed by atoms with Gasteiger partial charge < -0.3 is 10.2 Å². The summed E-state index contributed by atoms with van der Waals surface area (Å²) < 4.78 is 66.9. The van der Waals surface area contributed by atoms with E-state index in [1.807, 2.05) is 0 Å². The summed E-state index contributed by atoms with van der Waals surface area (Å²) in [5.74, 6) is -1.13. The van der Waals surface area contributed by atoms with Crippen molar-refractivity contribution in [2.45, 2.75) is 29.5 Å². The quantitative estimate of drug-likeness (QED) is 0.442. The van der Waals surface area contributed by atoms with Gasteiger partial charge in [0.15, 0.2) is 11.2 Å². The molecule has 158 valence electrons. The number of carbonyl (C=O) groups excluding carboxylic acids is 1. The maximum absolute atomic E-state index is 14.7. The SMILES string of the molecule is Cn1nc(C(F)(F)F)cc1SC(F)C1CCN(C(=O)Nc2ccnc(F)c2)CC1. The first-order valence-electron chi connectivity index (χ1n) is 8.73. The van der Waals surface area contributed by atoms with E-state index in [9.17, 15) is 26.7 Å². The summed E-state index contributed by atoms with van der Waals surface area (Å²) in [6, 6.07) is 2.93. The first kappa shape index (κ1) is 21.3. The lowest BCUT2D eigenvalue weighted by molar-refractivity contribution is -0.141. The molecule has 3 heterocycles. The van der Waals surface area contributed by atoms with Crippen molar-refractivity contribution in [3.05, 3.63) is 36.0 Å². The second kappa shape index (κ2) is 8.56. The van der Waals surface area contributed by atoms with E-state index >= 15 is 0 Å². The van der Waals surface area contributed by atoms with Crippen molar-refractivity contribution in [3.8, 4) is 0 Å². The van der Waals surface area contributed by atoms with E-state index in [-0.39, 0.29) is 23.8 Å². The maximum Gasteiger partial charge on any atom is 0.435 e. The second-order valence-electron chi connectivity index (χ2n) is 6.58. The van der Waals surface area contributed by atoms with Gasteiger partial charge in [0.05, 0.1) is 5.03 Å². The summed E-state index contributed by atoms with van der Waals surface area (Å²) in [6.45, 7) is 0.564. The van der Waals surface area contributed by atoms with Gasteiger partial charge >= 0.3 is 12.2 Å². The Balaban J connectivity index is 1.52. The van der Waals surface area contributed by atoms with Gasteiger partial charge in [0, 0.05) is 50.1 Å². The Hall–Kier alpha value is -2.37. The number of piperidine rings is 1. The molecule has 1 unspecified atom stereocenters. The van der Waals surface area contributed by atoms with Crippen LogP contribution in [0, 0.1) is 11.9 Å². The van der Waals surface area contributed by atoms with Gasteiger partial charge in [-0.2, -0.15) is 22.7 Å². The van der Waals surface area contributed by atoms with Gasteiger partial charge in [0.1, 0.15) is 0 Å². The van der Waals surface area contributed by atoms with Crippen molar-refractivity contribution < 1.29 is 26.7 Å². The third kappa shape index (κ3) is 5.37. The average Bonchev–Trinajstić information content (AvgIpc) is 3.03. The zero-order valence-corrected chi connectivity index (χ0v) is 16.1. The van der Waals surface area contributed by atoms with Crippen LogP contribution in [0.25, 0.3) is 0 Å². The molecular formula is C17H18F5N5OS. The molecule has 2 aromatic heterocycles. The Labute approximate surface area is 167 Å². The molecule has 29 heavy (non-hydrogen) atoms. The number of amides is 2. The van der Waals surface area contributed by atoms with E-state index in [2.05, 4.69) is 15.4 Å². The predicted octanol–water partition coefficient (Wildman–Crippen LogP) is 4.30. The van der Waals surface area contributed by atoms with E-state index < -0.39 is 35.3 Å². The molecule has 0 aliphatic carbocycles. The number of rotatable bonds is 4. The molecule has 1 atom stereocenters. The maximum atomic E-state index is 14.7. The van der Waals surface area contributed by atoms with Gasteiger partial charge in [0.2, 0.25) is 5.95 Å². The highest BCUT2D eigenvalue weighted by atomic mass is 32.2. The van der Waals surface area contributed by atoms with Crippen LogP contribution in [0.1, 0.15) is 18.5 Å². The monoisotopic (exact) mass is 435 g/mol. The van der Waals surface area contributed by atoms with Gasteiger partial charge in [-0.25, -0.2) is 14.2 Å². The van der Waals surface area contributed by atoms with Crippen molar-refractivity contribution in [3.63, 3.8) is 0 Å². The molecule has 0 saturated carbocycles. The fourth-order valence-electron chi connectivity index (χ4n) is 2.96. The van der Waals surface area contributed by atoms with Crippen molar-refractivity contribution in [2.75, 3.05) is 18.4 Å². The van der Waals surface area contributed by atoms with E-state index in [4.69, 9.17) is 0 Å². The zero-order chi connectivity index (χ0) is 21.2. The standard InChI is InChI=1S/C17H18F5N5OS/c1-26-14(9-12(25-26)17(20,21)22)29-15(19)10-3-6-27(7-4-10)16(28)24-11-2-5-23-13(18)8-11/h2,5,8-10,15H,3-4,6-7H2,1H3,(H,23,24,28). The van der Waals surface area contributed by atoms with Crippen LogP contribution < -0.4 is 5.32 Å². The minimum atomic E-state index is -4.58. The Morgan fingerprint density at radius 1 is 1.31 bits per heavy atom. The zero-order valence-electron chi connectivity index (χ0n) is 15.3. The molecule has 6 nitrogen and oxygen atoms in total. The Morgan fingerprint density at radius 3 is 2.59 bits per heavy atom. The number of nitrogens with one attached hydrogen (secondary N) is 1. The van der Waals surface area contributed by atoms with Crippen molar-refractivity contribution in [1.29, 1.82) is 0 Å². The summed E-state index contributed by atoms with van der Waals surface area (Å²) in [6.07, 6.45) is -2.64. The molecule has 3 rings (SSSR count). The van der Waals surface area contributed by atoms with Crippen LogP contribution in [0.3, 0.4) is 0 Å². The number of carbonyl (C=O) groups is 1. The van der Waals surface area contributed by atoms with Crippen LogP contribution >= 0.6 is 11.8 Å². The molecule has 1 saturated heterocycles. The lowest BCUT2D eigenvalue weighted by Crippen LogP contribution is -2.42. The number of thioether (sulfide) groups is 1. The van der Waals surface area contributed by atoms with Gasteiger partial charge in [-0.3, -0.25) is 4.68 Å². The van der Waals surface area contributed by atoms with E-state index in [1.165, 1.54) is 24.2 Å².